The number of carbonyl (C=O) groups excluding carboxylic acids is 1. The van der Waals surface area contributed by atoms with Crippen LogP contribution in [0.5, 0.6) is 5.75 Å². The highest BCUT2D eigenvalue weighted by Gasteiger charge is 2.16. The van der Waals surface area contributed by atoms with Gasteiger partial charge < -0.3 is 14.6 Å². The van der Waals surface area contributed by atoms with Crippen LogP contribution in [0, 0.1) is 6.92 Å². The molecule has 0 radical (unpaired) electrons. The molecule has 0 aliphatic carbocycles. The van der Waals surface area contributed by atoms with Crippen LogP contribution >= 0.6 is 11.3 Å². The first-order valence-corrected chi connectivity index (χ1v) is 10.9. The topological polar surface area (TPSA) is 69.0 Å². The highest BCUT2D eigenvalue weighted by atomic mass is 32.1. The zero-order chi connectivity index (χ0) is 20.2. The quantitative estimate of drug-likeness (QED) is 0.666. The van der Waals surface area contributed by atoms with E-state index in [0.29, 0.717) is 13.0 Å². The Bertz CT molecular complexity index is 991. The molecule has 0 bridgehead atoms. The molecule has 0 saturated carbocycles. The summed E-state index contributed by atoms with van der Waals surface area (Å²) in [5.74, 6) is 2.85. The fraction of sp³-hybridized carbons (Fsp3) is 0.409. The van der Waals surface area contributed by atoms with Gasteiger partial charge in [0.15, 0.2) is 0 Å². The molecule has 1 aliphatic heterocycles. The lowest BCUT2D eigenvalue weighted by Gasteiger charge is -2.07. The Balaban J connectivity index is 1.38. The first-order valence-electron chi connectivity index (χ1n) is 10.1. The summed E-state index contributed by atoms with van der Waals surface area (Å²) in [5.41, 5.74) is 2.18. The first-order chi connectivity index (χ1) is 14.2. The summed E-state index contributed by atoms with van der Waals surface area (Å²) in [7, 11) is 1.66. The molecule has 0 saturated heterocycles. The lowest BCUT2D eigenvalue weighted by atomic mass is 10.1. The van der Waals surface area contributed by atoms with Crippen molar-refractivity contribution in [2.75, 3.05) is 13.7 Å². The Morgan fingerprint density at radius 1 is 1.21 bits per heavy atom. The number of hydrogen-bond donors (Lipinski definition) is 1. The van der Waals surface area contributed by atoms with Gasteiger partial charge in [-0.05, 0) is 49.1 Å². The van der Waals surface area contributed by atoms with Crippen molar-refractivity contribution in [1.29, 1.82) is 0 Å². The Morgan fingerprint density at radius 3 is 2.83 bits per heavy atom. The molecular formula is C22H26N4O2S. The minimum atomic E-state index is -0.0338. The maximum atomic E-state index is 12.7. The predicted molar refractivity (Wildman–Crippen MR) is 115 cm³/mol. The average molecular weight is 411 g/mol. The number of nitrogens with zero attached hydrogens (tertiary/aromatic N) is 3. The zero-order valence-electron chi connectivity index (χ0n) is 16.9. The molecule has 6 nitrogen and oxygen atoms in total. The van der Waals surface area contributed by atoms with Gasteiger partial charge in [0.25, 0.3) is 5.91 Å². The molecular weight excluding hydrogens is 384 g/mol. The maximum Gasteiger partial charge on any atom is 0.261 e. The van der Waals surface area contributed by atoms with Crippen LogP contribution in [0.4, 0.5) is 0 Å². The van der Waals surface area contributed by atoms with Crippen LogP contribution in [-0.2, 0) is 19.4 Å². The normalized spacial score (nSPS) is 13.6. The average Bonchev–Trinajstić information content (AvgIpc) is 3.23. The third-order valence-corrected chi connectivity index (χ3v) is 6.41. The molecule has 1 amide bonds. The molecule has 1 N–H and O–H groups in total. The van der Waals surface area contributed by atoms with E-state index in [1.165, 1.54) is 30.6 Å². The number of aromatic nitrogens is 3. The number of hydrogen-bond acceptors (Lipinski definition) is 5. The first kappa shape index (κ1) is 19.6. The van der Waals surface area contributed by atoms with Gasteiger partial charge in [0, 0.05) is 30.8 Å². The largest absolute Gasteiger partial charge is 0.497 e. The van der Waals surface area contributed by atoms with Gasteiger partial charge in [0.2, 0.25) is 0 Å². The van der Waals surface area contributed by atoms with E-state index in [9.17, 15) is 4.79 Å². The van der Waals surface area contributed by atoms with E-state index in [-0.39, 0.29) is 5.91 Å². The molecule has 7 heteroatoms. The number of amides is 1. The van der Waals surface area contributed by atoms with Gasteiger partial charge in [-0.1, -0.05) is 18.6 Å². The zero-order valence-corrected chi connectivity index (χ0v) is 17.7. The van der Waals surface area contributed by atoms with Crippen molar-refractivity contribution in [2.24, 2.45) is 0 Å². The van der Waals surface area contributed by atoms with Gasteiger partial charge in [-0.2, -0.15) is 0 Å². The number of carbonyl (C=O) groups is 1. The SMILES string of the molecule is COc1ccc(-c2cc(C(=O)NCCc3nnc4n3CCCCC4)sc2C)cc1. The minimum Gasteiger partial charge on any atom is -0.497 e. The molecule has 3 heterocycles. The number of rotatable bonds is 6. The molecule has 2 aromatic heterocycles. The summed E-state index contributed by atoms with van der Waals surface area (Å²) in [6, 6.07) is 9.89. The van der Waals surface area contributed by atoms with Crippen molar-refractivity contribution in [3.8, 4) is 16.9 Å². The van der Waals surface area contributed by atoms with E-state index >= 15 is 0 Å². The fourth-order valence-electron chi connectivity index (χ4n) is 3.76. The second-order valence-corrected chi connectivity index (χ2v) is 8.57. The van der Waals surface area contributed by atoms with Crippen molar-refractivity contribution >= 4 is 17.2 Å². The number of methoxy groups -OCH3 is 1. The van der Waals surface area contributed by atoms with Gasteiger partial charge in [0.05, 0.1) is 12.0 Å². The second kappa shape index (κ2) is 8.78. The molecule has 29 heavy (non-hydrogen) atoms. The van der Waals surface area contributed by atoms with Crippen molar-refractivity contribution in [3.63, 3.8) is 0 Å². The summed E-state index contributed by atoms with van der Waals surface area (Å²) < 4.78 is 7.45. The van der Waals surface area contributed by atoms with Crippen LogP contribution in [0.25, 0.3) is 11.1 Å². The Labute approximate surface area is 174 Å². The van der Waals surface area contributed by atoms with Crippen LogP contribution in [0.15, 0.2) is 30.3 Å². The summed E-state index contributed by atoms with van der Waals surface area (Å²) in [5, 5.41) is 11.7. The summed E-state index contributed by atoms with van der Waals surface area (Å²) in [4.78, 5) is 14.5. The molecule has 0 atom stereocenters. The number of benzene rings is 1. The maximum absolute atomic E-state index is 12.7. The standard InChI is InChI=1S/C22H26N4O2S/c1-15-18(16-7-9-17(28-2)10-8-16)14-19(29-15)22(27)23-12-11-21-25-24-20-6-4-3-5-13-26(20)21/h7-10,14H,3-6,11-13H2,1-2H3,(H,23,27). The number of aryl methyl sites for hydroxylation is 2. The van der Waals surface area contributed by atoms with E-state index in [1.54, 1.807) is 7.11 Å². The van der Waals surface area contributed by atoms with Crippen LogP contribution in [-0.4, -0.2) is 34.3 Å². The molecule has 4 rings (SSSR count). The van der Waals surface area contributed by atoms with Crippen LogP contribution in [0.3, 0.4) is 0 Å². The number of fused-ring (bicyclic) bond motifs is 1. The lowest BCUT2D eigenvalue weighted by molar-refractivity contribution is 0.0958. The van der Waals surface area contributed by atoms with E-state index in [1.807, 2.05) is 37.3 Å². The molecule has 0 unspecified atom stereocenters. The highest BCUT2D eigenvalue weighted by molar-refractivity contribution is 7.14. The minimum absolute atomic E-state index is 0.0338. The van der Waals surface area contributed by atoms with Crippen molar-refractivity contribution in [1.82, 2.24) is 20.1 Å². The van der Waals surface area contributed by atoms with Gasteiger partial charge >= 0.3 is 0 Å². The summed E-state index contributed by atoms with van der Waals surface area (Å²) in [6.07, 6.45) is 5.31. The van der Waals surface area contributed by atoms with Crippen LogP contribution in [0.1, 0.15) is 45.5 Å². The molecule has 1 aliphatic rings. The van der Waals surface area contributed by atoms with E-state index in [4.69, 9.17) is 4.74 Å². The molecule has 0 spiro atoms. The van der Waals surface area contributed by atoms with Crippen molar-refractivity contribution in [2.45, 2.75) is 45.6 Å². The lowest BCUT2D eigenvalue weighted by Crippen LogP contribution is -2.25. The Hall–Kier alpha value is -2.67. The van der Waals surface area contributed by atoms with Gasteiger partial charge in [-0.15, -0.1) is 21.5 Å². The molecule has 1 aromatic carbocycles. The van der Waals surface area contributed by atoms with Crippen LogP contribution < -0.4 is 10.1 Å². The third-order valence-electron chi connectivity index (χ3n) is 5.36. The Kier molecular flexibility index (Phi) is 5.94. The second-order valence-electron chi connectivity index (χ2n) is 7.31. The number of thiophene rings is 1. The van der Waals surface area contributed by atoms with E-state index in [2.05, 4.69) is 20.1 Å². The molecule has 0 fully saturated rings. The van der Waals surface area contributed by atoms with Gasteiger partial charge in [0.1, 0.15) is 17.4 Å². The monoisotopic (exact) mass is 410 g/mol. The Morgan fingerprint density at radius 2 is 2.03 bits per heavy atom. The smallest absolute Gasteiger partial charge is 0.261 e. The molecule has 3 aromatic rings. The van der Waals surface area contributed by atoms with Crippen molar-refractivity contribution in [3.05, 3.63) is 51.7 Å². The number of ether oxygens (including phenoxy) is 1. The van der Waals surface area contributed by atoms with E-state index in [0.717, 1.165) is 51.2 Å². The fourth-order valence-corrected chi connectivity index (χ4v) is 4.71. The summed E-state index contributed by atoms with van der Waals surface area (Å²) >= 11 is 1.52. The highest BCUT2D eigenvalue weighted by Crippen LogP contribution is 2.32. The number of nitrogens with one attached hydrogen (secondary N) is 1. The third kappa shape index (κ3) is 4.34. The van der Waals surface area contributed by atoms with E-state index < -0.39 is 0 Å². The van der Waals surface area contributed by atoms with Crippen LogP contribution in [0.2, 0.25) is 0 Å². The summed E-state index contributed by atoms with van der Waals surface area (Å²) in [6.45, 7) is 3.60. The van der Waals surface area contributed by atoms with Gasteiger partial charge in [-0.3, -0.25) is 4.79 Å². The van der Waals surface area contributed by atoms with Crippen molar-refractivity contribution < 1.29 is 9.53 Å². The van der Waals surface area contributed by atoms with Gasteiger partial charge in [-0.25, -0.2) is 0 Å². The molecule has 152 valence electrons. The predicted octanol–water partition coefficient (Wildman–Crippen LogP) is 4.02.